The second-order valence-corrected chi connectivity index (χ2v) is 5.16. The smallest absolute Gasteiger partial charge is 0.0794 e. The molecular formula is C15H23NO. The van der Waals surface area contributed by atoms with Gasteiger partial charge >= 0.3 is 0 Å². The fraction of sp³-hybridized carbons (Fsp3) is 0.600. The van der Waals surface area contributed by atoms with Gasteiger partial charge in [0.05, 0.1) is 12.1 Å². The van der Waals surface area contributed by atoms with Crippen LogP contribution < -0.4 is 5.32 Å². The third kappa shape index (κ3) is 2.70. The van der Waals surface area contributed by atoms with E-state index in [-0.39, 0.29) is 0 Å². The van der Waals surface area contributed by atoms with Gasteiger partial charge in [0.25, 0.3) is 0 Å². The number of aryl methyl sites for hydroxylation is 2. The molecule has 17 heavy (non-hydrogen) atoms. The summed E-state index contributed by atoms with van der Waals surface area (Å²) in [5.41, 5.74) is 4.04. The van der Waals surface area contributed by atoms with Crippen LogP contribution in [0.5, 0.6) is 0 Å². The SMILES string of the molecule is CNC(c1cc(C)ccc1C)C(OC)C1CC1. The van der Waals surface area contributed by atoms with Gasteiger partial charge in [-0.05, 0) is 50.8 Å². The van der Waals surface area contributed by atoms with Crippen molar-refractivity contribution in [3.8, 4) is 0 Å². The topological polar surface area (TPSA) is 21.3 Å². The fourth-order valence-corrected chi connectivity index (χ4v) is 2.62. The predicted octanol–water partition coefficient (Wildman–Crippen LogP) is 2.99. The summed E-state index contributed by atoms with van der Waals surface area (Å²) >= 11 is 0. The zero-order chi connectivity index (χ0) is 12.4. The molecule has 0 spiro atoms. The van der Waals surface area contributed by atoms with Gasteiger partial charge in [0.2, 0.25) is 0 Å². The lowest BCUT2D eigenvalue weighted by Gasteiger charge is -2.27. The molecule has 1 N–H and O–H groups in total. The summed E-state index contributed by atoms with van der Waals surface area (Å²) in [4.78, 5) is 0. The van der Waals surface area contributed by atoms with Gasteiger partial charge in [-0.25, -0.2) is 0 Å². The number of hydrogen-bond donors (Lipinski definition) is 1. The van der Waals surface area contributed by atoms with Crippen LogP contribution in [0.2, 0.25) is 0 Å². The van der Waals surface area contributed by atoms with Crippen molar-refractivity contribution in [1.82, 2.24) is 5.32 Å². The molecule has 2 heteroatoms. The van der Waals surface area contributed by atoms with Crippen molar-refractivity contribution in [2.75, 3.05) is 14.2 Å². The predicted molar refractivity (Wildman–Crippen MR) is 71.2 cm³/mol. The van der Waals surface area contributed by atoms with E-state index < -0.39 is 0 Å². The fourth-order valence-electron chi connectivity index (χ4n) is 2.62. The second kappa shape index (κ2) is 5.19. The summed E-state index contributed by atoms with van der Waals surface area (Å²) in [6.45, 7) is 4.33. The molecule has 1 aliphatic carbocycles. The molecule has 0 saturated heterocycles. The molecule has 1 fully saturated rings. The Hall–Kier alpha value is -0.860. The van der Waals surface area contributed by atoms with Crippen LogP contribution in [0.1, 0.15) is 35.6 Å². The molecule has 94 valence electrons. The van der Waals surface area contributed by atoms with Crippen molar-refractivity contribution in [2.24, 2.45) is 5.92 Å². The highest BCUT2D eigenvalue weighted by molar-refractivity contribution is 5.34. The van der Waals surface area contributed by atoms with E-state index in [1.54, 1.807) is 0 Å². The van der Waals surface area contributed by atoms with Crippen molar-refractivity contribution in [3.63, 3.8) is 0 Å². The third-order valence-electron chi connectivity index (χ3n) is 3.77. The van der Waals surface area contributed by atoms with E-state index in [0.717, 1.165) is 5.92 Å². The largest absolute Gasteiger partial charge is 0.379 e. The summed E-state index contributed by atoms with van der Waals surface area (Å²) in [5, 5.41) is 3.43. The van der Waals surface area contributed by atoms with Crippen LogP contribution >= 0.6 is 0 Å². The van der Waals surface area contributed by atoms with Crippen molar-refractivity contribution < 1.29 is 4.74 Å². The van der Waals surface area contributed by atoms with Crippen molar-refractivity contribution >= 4 is 0 Å². The summed E-state index contributed by atoms with van der Waals surface area (Å²) < 4.78 is 5.71. The Morgan fingerprint density at radius 2 is 2.00 bits per heavy atom. The molecule has 0 radical (unpaired) electrons. The number of ether oxygens (including phenoxy) is 1. The number of nitrogens with one attached hydrogen (secondary N) is 1. The Morgan fingerprint density at radius 1 is 1.29 bits per heavy atom. The van der Waals surface area contributed by atoms with E-state index in [1.165, 1.54) is 29.5 Å². The van der Waals surface area contributed by atoms with Crippen LogP contribution in [0.4, 0.5) is 0 Å². The van der Waals surface area contributed by atoms with Gasteiger partial charge in [-0.1, -0.05) is 23.8 Å². The van der Waals surface area contributed by atoms with Gasteiger partial charge in [-0.15, -0.1) is 0 Å². The number of likely N-dealkylation sites (N-methyl/N-ethyl adjacent to an activating group) is 1. The first-order valence-electron chi connectivity index (χ1n) is 6.44. The molecule has 1 aromatic carbocycles. The van der Waals surface area contributed by atoms with E-state index in [1.807, 2.05) is 14.2 Å². The first-order chi connectivity index (χ1) is 8.17. The van der Waals surface area contributed by atoms with Gasteiger partial charge in [-0.2, -0.15) is 0 Å². The second-order valence-electron chi connectivity index (χ2n) is 5.16. The van der Waals surface area contributed by atoms with Crippen LogP contribution in [0.3, 0.4) is 0 Å². The first kappa shape index (κ1) is 12.6. The standard InChI is InChI=1S/C15H23NO/c1-10-5-6-11(2)13(9-10)14(16-3)15(17-4)12-7-8-12/h5-6,9,12,14-16H,7-8H2,1-4H3. The quantitative estimate of drug-likeness (QED) is 0.844. The highest BCUT2D eigenvalue weighted by Gasteiger charge is 2.37. The zero-order valence-corrected chi connectivity index (χ0v) is 11.3. The summed E-state index contributed by atoms with van der Waals surface area (Å²) in [6, 6.07) is 6.97. The van der Waals surface area contributed by atoms with Gasteiger partial charge < -0.3 is 10.1 Å². The summed E-state index contributed by atoms with van der Waals surface area (Å²) in [5.74, 6) is 0.734. The lowest BCUT2D eigenvalue weighted by molar-refractivity contribution is 0.0528. The molecule has 1 aromatic rings. The maximum Gasteiger partial charge on any atom is 0.0794 e. The van der Waals surface area contributed by atoms with E-state index >= 15 is 0 Å². The number of methoxy groups -OCH3 is 1. The van der Waals surface area contributed by atoms with Crippen molar-refractivity contribution in [3.05, 3.63) is 34.9 Å². The number of benzene rings is 1. The summed E-state index contributed by atoms with van der Waals surface area (Å²) in [6.07, 6.45) is 2.92. The van der Waals surface area contributed by atoms with Crippen LogP contribution in [-0.4, -0.2) is 20.3 Å². The Balaban J connectivity index is 2.29. The Labute approximate surface area is 104 Å². The normalized spacial score (nSPS) is 19.1. The average molecular weight is 233 g/mol. The highest BCUT2D eigenvalue weighted by Crippen LogP contribution is 2.40. The maximum atomic E-state index is 5.71. The molecule has 1 aliphatic rings. The van der Waals surface area contributed by atoms with Gasteiger partial charge in [0.1, 0.15) is 0 Å². The minimum atomic E-state index is 0.306. The van der Waals surface area contributed by atoms with Crippen LogP contribution in [0, 0.1) is 19.8 Å². The molecule has 0 heterocycles. The van der Waals surface area contributed by atoms with Crippen LogP contribution in [0.25, 0.3) is 0 Å². The molecular weight excluding hydrogens is 210 g/mol. The average Bonchev–Trinajstić information content (AvgIpc) is 3.13. The van der Waals surface area contributed by atoms with Crippen LogP contribution in [-0.2, 0) is 4.74 Å². The highest BCUT2D eigenvalue weighted by atomic mass is 16.5. The monoisotopic (exact) mass is 233 g/mol. The van der Waals surface area contributed by atoms with E-state index in [0.29, 0.717) is 12.1 Å². The minimum absolute atomic E-state index is 0.306. The van der Waals surface area contributed by atoms with E-state index in [2.05, 4.69) is 37.4 Å². The Bertz CT molecular complexity index is 385. The molecule has 0 amide bonds. The minimum Gasteiger partial charge on any atom is -0.379 e. The zero-order valence-electron chi connectivity index (χ0n) is 11.3. The van der Waals surface area contributed by atoms with Crippen molar-refractivity contribution in [1.29, 1.82) is 0 Å². The third-order valence-corrected chi connectivity index (χ3v) is 3.77. The molecule has 2 atom stereocenters. The van der Waals surface area contributed by atoms with E-state index in [9.17, 15) is 0 Å². The van der Waals surface area contributed by atoms with E-state index in [4.69, 9.17) is 4.74 Å². The van der Waals surface area contributed by atoms with Crippen molar-refractivity contribution in [2.45, 2.75) is 38.8 Å². The lowest BCUT2D eigenvalue weighted by Crippen LogP contribution is -2.33. The van der Waals surface area contributed by atoms with Crippen LogP contribution in [0.15, 0.2) is 18.2 Å². The molecule has 0 bridgehead atoms. The Kier molecular flexibility index (Phi) is 3.85. The van der Waals surface area contributed by atoms with Gasteiger partial charge in [0, 0.05) is 7.11 Å². The lowest BCUT2D eigenvalue weighted by atomic mass is 9.93. The molecule has 0 aromatic heterocycles. The molecule has 1 saturated carbocycles. The van der Waals surface area contributed by atoms with Gasteiger partial charge in [0.15, 0.2) is 0 Å². The molecule has 2 rings (SSSR count). The number of hydrogen-bond acceptors (Lipinski definition) is 2. The summed E-state index contributed by atoms with van der Waals surface area (Å²) in [7, 11) is 3.86. The number of rotatable bonds is 5. The molecule has 2 unspecified atom stereocenters. The Morgan fingerprint density at radius 3 is 2.53 bits per heavy atom. The van der Waals surface area contributed by atoms with Gasteiger partial charge in [-0.3, -0.25) is 0 Å². The molecule has 2 nitrogen and oxygen atoms in total. The molecule has 0 aliphatic heterocycles. The maximum absolute atomic E-state index is 5.71. The first-order valence-corrected chi connectivity index (χ1v) is 6.44.